The quantitative estimate of drug-likeness (QED) is 0.496. The highest BCUT2D eigenvalue weighted by molar-refractivity contribution is 14.1. The molecule has 1 atom stereocenters. The molecule has 0 bridgehead atoms. The van der Waals surface area contributed by atoms with Gasteiger partial charge in [0.1, 0.15) is 11.8 Å². The largest absolute Gasteiger partial charge is 0.507 e. The SMILES string of the molecule is COCCNC(=O)C(C)NC(=O)c1cc(I)ccc1O. The maximum atomic E-state index is 12.0. The highest BCUT2D eigenvalue weighted by atomic mass is 127. The van der Waals surface area contributed by atoms with Crippen LogP contribution in [0.15, 0.2) is 18.2 Å². The van der Waals surface area contributed by atoms with Gasteiger partial charge >= 0.3 is 0 Å². The van der Waals surface area contributed by atoms with Crippen LogP contribution in [0.5, 0.6) is 5.75 Å². The van der Waals surface area contributed by atoms with Crippen LogP contribution < -0.4 is 10.6 Å². The van der Waals surface area contributed by atoms with Crippen molar-refractivity contribution in [3.8, 4) is 5.75 Å². The van der Waals surface area contributed by atoms with Crippen LogP contribution in [0.2, 0.25) is 0 Å². The lowest BCUT2D eigenvalue weighted by Crippen LogP contribution is -2.45. The number of phenols is 1. The van der Waals surface area contributed by atoms with Crippen LogP contribution in [0.25, 0.3) is 0 Å². The summed E-state index contributed by atoms with van der Waals surface area (Å²) in [5.41, 5.74) is 0.147. The number of phenolic OH excluding ortho intramolecular Hbond substituents is 1. The predicted octanol–water partition coefficient (Wildman–Crippen LogP) is 0.878. The molecule has 0 heterocycles. The van der Waals surface area contributed by atoms with Crippen molar-refractivity contribution >= 4 is 34.4 Å². The first kappa shape index (κ1) is 16.7. The van der Waals surface area contributed by atoms with Crippen molar-refractivity contribution in [1.82, 2.24) is 10.6 Å². The lowest BCUT2D eigenvalue weighted by Gasteiger charge is -2.14. The van der Waals surface area contributed by atoms with E-state index >= 15 is 0 Å². The van der Waals surface area contributed by atoms with Gasteiger partial charge in [-0.15, -0.1) is 0 Å². The fourth-order valence-corrected chi connectivity index (χ4v) is 1.95. The third-order valence-electron chi connectivity index (χ3n) is 2.55. The molecule has 3 N–H and O–H groups in total. The minimum absolute atomic E-state index is 0.116. The fraction of sp³-hybridized carbons (Fsp3) is 0.385. The lowest BCUT2D eigenvalue weighted by molar-refractivity contribution is -0.122. The second-order valence-corrected chi connectivity index (χ2v) is 5.39. The Balaban J connectivity index is 2.61. The van der Waals surface area contributed by atoms with Gasteiger partial charge in [-0.1, -0.05) is 0 Å². The van der Waals surface area contributed by atoms with E-state index in [1.54, 1.807) is 19.1 Å². The van der Waals surface area contributed by atoms with E-state index in [1.165, 1.54) is 13.2 Å². The molecular weight excluding hydrogens is 375 g/mol. The average Bonchev–Trinajstić information content (AvgIpc) is 2.41. The topological polar surface area (TPSA) is 87.7 Å². The van der Waals surface area contributed by atoms with Crippen LogP contribution in [0.3, 0.4) is 0 Å². The summed E-state index contributed by atoms with van der Waals surface area (Å²) in [6, 6.07) is 3.99. The van der Waals surface area contributed by atoms with Crippen molar-refractivity contribution in [3.05, 3.63) is 27.3 Å². The van der Waals surface area contributed by atoms with E-state index in [0.29, 0.717) is 13.2 Å². The molecule has 110 valence electrons. The van der Waals surface area contributed by atoms with E-state index < -0.39 is 11.9 Å². The first-order valence-corrected chi connectivity index (χ1v) is 7.09. The van der Waals surface area contributed by atoms with Gasteiger partial charge in [0.15, 0.2) is 0 Å². The van der Waals surface area contributed by atoms with Crippen molar-refractivity contribution in [2.24, 2.45) is 0 Å². The fourth-order valence-electron chi connectivity index (χ4n) is 1.46. The molecule has 0 fully saturated rings. The lowest BCUT2D eigenvalue weighted by atomic mass is 10.1. The molecule has 0 aliphatic heterocycles. The molecule has 0 spiro atoms. The third-order valence-corrected chi connectivity index (χ3v) is 3.22. The van der Waals surface area contributed by atoms with Crippen molar-refractivity contribution in [3.63, 3.8) is 0 Å². The number of halogens is 1. The summed E-state index contributed by atoms with van der Waals surface area (Å²) in [5.74, 6) is -0.911. The van der Waals surface area contributed by atoms with Gasteiger partial charge in [-0.3, -0.25) is 9.59 Å². The van der Waals surface area contributed by atoms with Crippen LogP contribution in [0, 0.1) is 3.57 Å². The molecule has 0 aromatic heterocycles. The number of carbonyl (C=O) groups excluding carboxylic acids is 2. The highest BCUT2D eigenvalue weighted by Crippen LogP contribution is 2.19. The Morgan fingerprint density at radius 3 is 2.80 bits per heavy atom. The number of methoxy groups -OCH3 is 1. The average molecular weight is 392 g/mol. The van der Waals surface area contributed by atoms with Gasteiger partial charge < -0.3 is 20.5 Å². The summed E-state index contributed by atoms with van der Waals surface area (Å²) in [7, 11) is 1.54. The molecule has 0 aliphatic rings. The Morgan fingerprint density at radius 1 is 1.45 bits per heavy atom. The molecule has 6 nitrogen and oxygen atoms in total. The van der Waals surface area contributed by atoms with Gasteiger partial charge in [0.25, 0.3) is 5.91 Å². The summed E-state index contributed by atoms with van der Waals surface area (Å²) in [4.78, 5) is 23.7. The minimum atomic E-state index is -0.698. The van der Waals surface area contributed by atoms with Crippen LogP contribution >= 0.6 is 22.6 Å². The standard InChI is InChI=1S/C13H17IN2O4/c1-8(12(18)15-5-6-20-2)16-13(19)10-7-9(14)3-4-11(10)17/h3-4,7-8,17H,5-6H2,1-2H3,(H,15,18)(H,16,19). The molecule has 7 heteroatoms. The normalized spacial score (nSPS) is 11.8. The monoisotopic (exact) mass is 392 g/mol. The molecule has 20 heavy (non-hydrogen) atoms. The van der Waals surface area contributed by atoms with E-state index in [4.69, 9.17) is 4.74 Å². The number of benzene rings is 1. The first-order valence-electron chi connectivity index (χ1n) is 6.01. The Morgan fingerprint density at radius 2 is 2.15 bits per heavy atom. The van der Waals surface area contributed by atoms with Gasteiger partial charge in [-0.25, -0.2) is 0 Å². The van der Waals surface area contributed by atoms with E-state index in [9.17, 15) is 14.7 Å². The number of nitrogens with one attached hydrogen (secondary N) is 2. The second-order valence-electron chi connectivity index (χ2n) is 4.14. The zero-order chi connectivity index (χ0) is 15.1. The maximum Gasteiger partial charge on any atom is 0.255 e. The van der Waals surface area contributed by atoms with Crippen LogP contribution in [-0.4, -0.2) is 43.2 Å². The van der Waals surface area contributed by atoms with Gasteiger partial charge in [0.2, 0.25) is 5.91 Å². The Hall–Kier alpha value is -1.35. The molecule has 1 rings (SSSR count). The summed E-state index contributed by atoms with van der Waals surface area (Å²) >= 11 is 2.04. The molecular formula is C13H17IN2O4. The van der Waals surface area contributed by atoms with Gasteiger partial charge in [0.05, 0.1) is 12.2 Å². The zero-order valence-electron chi connectivity index (χ0n) is 11.3. The molecule has 1 unspecified atom stereocenters. The summed E-state index contributed by atoms with van der Waals surface area (Å²) in [6.07, 6.45) is 0. The van der Waals surface area contributed by atoms with E-state index in [2.05, 4.69) is 10.6 Å². The van der Waals surface area contributed by atoms with E-state index in [-0.39, 0.29) is 17.2 Å². The number of hydrogen-bond donors (Lipinski definition) is 3. The van der Waals surface area contributed by atoms with Crippen LogP contribution in [-0.2, 0) is 9.53 Å². The van der Waals surface area contributed by atoms with E-state index in [0.717, 1.165) is 3.57 Å². The highest BCUT2D eigenvalue weighted by Gasteiger charge is 2.18. The number of hydrogen-bond acceptors (Lipinski definition) is 4. The van der Waals surface area contributed by atoms with Gasteiger partial charge in [-0.2, -0.15) is 0 Å². The smallest absolute Gasteiger partial charge is 0.255 e. The van der Waals surface area contributed by atoms with Crippen LogP contribution in [0.1, 0.15) is 17.3 Å². The second kappa shape index (κ2) is 8.05. The number of carbonyl (C=O) groups is 2. The Kier molecular flexibility index (Phi) is 6.73. The molecule has 0 saturated heterocycles. The minimum Gasteiger partial charge on any atom is -0.507 e. The zero-order valence-corrected chi connectivity index (χ0v) is 13.4. The van der Waals surface area contributed by atoms with Crippen molar-refractivity contribution in [2.75, 3.05) is 20.3 Å². The predicted molar refractivity (Wildman–Crippen MR) is 82.6 cm³/mol. The number of aromatic hydroxyl groups is 1. The molecule has 0 saturated carbocycles. The van der Waals surface area contributed by atoms with Crippen LogP contribution in [0.4, 0.5) is 0 Å². The van der Waals surface area contributed by atoms with Crippen molar-refractivity contribution in [2.45, 2.75) is 13.0 Å². The molecule has 1 aromatic rings. The molecule has 2 amide bonds. The first-order chi connectivity index (χ1) is 9.45. The number of ether oxygens (including phenoxy) is 1. The Bertz CT molecular complexity index is 493. The van der Waals surface area contributed by atoms with E-state index in [1.807, 2.05) is 22.6 Å². The Labute approximate surface area is 131 Å². The van der Waals surface area contributed by atoms with Crippen molar-refractivity contribution in [1.29, 1.82) is 0 Å². The summed E-state index contributed by atoms with van der Waals surface area (Å²) in [6.45, 7) is 2.36. The van der Waals surface area contributed by atoms with Crippen molar-refractivity contribution < 1.29 is 19.4 Å². The maximum absolute atomic E-state index is 12.0. The third kappa shape index (κ3) is 4.97. The van der Waals surface area contributed by atoms with Gasteiger partial charge in [0, 0.05) is 17.2 Å². The molecule has 0 aliphatic carbocycles. The summed E-state index contributed by atoms with van der Waals surface area (Å²) < 4.78 is 5.64. The van der Waals surface area contributed by atoms with Gasteiger partial charge in [-0.05, 0) is 47.7 Å². The number of amides is 2. The summed E-state index contributed by atoms with van der Waals surface area (Å²) in [5, 5.41) is 14.8. The number of rotatable bonds is 6. The molecule has 1 aromatic carbocycles. The molecule has 0 radical (unpaired) electrons.